The van der Waals surface area contributed by atoms with E-state index in [-0.39, 0.29) is 0 Å². The zero-order chi connectivity index (χ0) is 15.0. The lowest BCUT2D eigenvalue weighted by molar-refractivity contribution is -0.139. The predicted octanol–water partition coefficient (Wildman–Crippen LogP) is 3.88. The third-order valence-corrected chi connectivity index (χ3v) is 6.24. The minimum Gasteiger partial charge on any atom is -0.481 e. The van der Waals surface area contributed by atoms with Gasteiger partial charge >= 0.3 is 5.97 Å². The summed E-state index contributed by atoms with van der Waals surface area (Å²) in [7, 11) is 0. The molecule has 0 aromatic carbocycles. The summed E-state index contributed by atoms with van der Waals surface area (Å²) in [5.41, 5.74) is 0.818. The quantitative estimate of drug-likeness (QED) is 0.889. The number of nitrogens with zero attached hydrogens (tertiary/aromatic N) is 1. The normalized spacial score (nSPS) is 32.5. The lowest BCUT2D eigenvalue weighted by atomic mass is 9.79. The van der Waals surface area contributed by atoms with Gasteiger partial charge in [0, 0.05) is 10.9 Å². The average Bonchev–Trinajstić information content (AvgIpc) is 2.84. The summed E-state index contributed by atoms with van der Waals surface area (Å²) >= 11 is 1.67. The Labute approximate surface area is 130 Å². The lowest BCUT2D eigenvalue weighted by Crippen LogP contribution is -2.30. The molecule has 1 heterocycles. The summed E-state index contributed by atoms with van der Waals surface area (Å²) in [5.74, 6) is 0.431. The number of hydrogen-bond donors (Lipinski definition) is 2. The van der Waals surface area contributed by atoms with Crippen LogP contribution < -0.4 is 5.32 Å². The molecular weight excluding hydrogens is 284 g/mol. The van der Waals surface area contributed by atoms with Crippen LogP contribution in [0.3, 0.4) is 0 Å². The first-order valence-electron chi connectivity index (χ1n) is 8.03. The highest BCUT2D eigenvalue weighted by Gasteiger charge is 2.31. The maximum atomic E-state index is 11.3. The van der Waals surface area contributed by atoms with Crippen molar-refractivity contribution in [3.8, 4) is 0 Å². The van der Waals surface area contributed by atoms with Crippen molar-refractivity contribution in [1.29, 1.82) is 0 Å². The highest BCUT2D eigenvalue weighted by atomic mass is 32.1. The summed E-state index contributed by atoms with van der Waals surface area (Å²) < 4.78 is 0. The fourth-order valence-electron chi connectivity index (χ4n) is 3.57. The van der Waals surface area contributed by atoms with Crippen LogP contribution in [-0.4, -0.2) is 22.1 Å². The number of thiazole rings is 1. The van der Waals surface area contributed by atoms with Gasteiger partial charge in [0.2, 0.25) is 0 Å². The summed E-state index contributed by atoms with van der Waals surface area (Å²) in [4.78, 5) is 17.1. The summed E-state index contributed by atoms with van der Waals surface area (Å²) in [5, 5.41) is 13.8. The van der Waals surface area contributed by atoms with Crippen molar-refractivity contribution in [1.82, 2.24) is 4.98 Å². The SMILES string of the molecule is CC1CCC(Nc2nc3c(s2)CCCC3C(=O)O)CC1C. The van der Waals surface area contributed by atoms with Crippen molar-refractivity contribution in [2.45, 2.75) is 64.3 Å². The zero-order valence-corrected chi connectivity index (χ0v) is 13.6. The number of aromatic nitrogens is 1. The monoisotopic (exact) mass is 308 g/mol. The summed E-state index contributed by atoms with van der Waals surface area (Å²) in [6, 6.07) is 0.493. The van der Waals surface area contributed by atoms with E-state index in [9.17, 15) is 9.90 Å². The molecule has 0 saturated heterocycles. The molecule has 1 saturated carbocycles. The number of anilines is 1. The molecule has 2 aliphatic rings. The van der Waals surface area contributed by atoms with E-state index >= 15 is 0 Å². The fourth-order valence-corrected chi connectivity index (χ4v) is 4.72. The van der Waals surface area contributed by atoms with Crippen molar-refractivity contribution in [2.75, 3.05) is 5.32 Å². The van der Waals surface area contributed by atoms with E-state index in [1.807, 2.05) is 0 Å². The molecule has 4 atom stereocenters. The number of hydrogen-bond acceptors (Lipinski definition) is 4. The van der Waals surface area contributed by atoms with Gasteiger partial charge in [-0.05, 0) is 50.4 Å². The third-order valence-electron chi connectivity index (χ3n) is 5.18. The topological polar surface area (TPSA) is 62.2 Å². The Bertz CT molecular complexity index is 528. The lowest BCUT2D eigenvalue weighted by Gasteiger charge is -2.32. The van der Waals surface area contributed by atoms with Gasteiger partial charge < -0.3 is 10.4 Å². The minimum absolute atomic E-state index is 0.397. The minimum atomic E-state index is -0.729. The molecule has 2 N–H and O–H groups in total. The van der Waals surface area contributed by atoms with E-state index in [1.54, 1.807) is 11.3 Å². The van der Waals surface area contributed by atoms with Gasteiger partial charge in [-0.25, -0.2) is 4.98 Å². The van der Waals surface area contributed by atoms with Crippen molar-refractivity contribution in [3.05, 3.63) is 10.6 Å². The number of nitrogens with one attached hydrogen (secondary N) is 1. The Kier molecular flexibility index (Phi) is 4.20. The van der Waals surface area contributed by atoms with E-state index in [0.717, 1.165) is 41.9 Å². The third kappa shape index (κ3) is 3.07. The molecule has 0 aliphatic heterocycles. The van der Waals surface area contributed by atoms with Crippen LogP contribution in [0.15, 0.2) is 0 Å². The van der Waals surface area contributed by atoms with Crippen LogP contribution in [0.25, 0.3) is 0 Å². The summed E-state index contributed by atoms with van der Waals surface area (Å²) in [6.07, 6.45) is 6.32. The number of carbonyl (C=O) groups is 1. The van der Waals surface area contributed by atoms with Gasteiger partial charge in [0.25, 0.3) is 0 Å². The standard InChI is InChI=1S/C16H24N2O2S/c1-9-6-7-11(8-10(9)2)17-16-18-14-12(15(19)20)4-3-5-13(14)21-16/h9-12H,3-8H2,1-2H3,(H,17,18)(H,19,20). The molecule has 116 valence electrons. The van der Waals surface area contributed by atoms with Crippen LogP contribution in [0.4, 0.5) is 5.13 Å². The number of rotatable bonds is 3. The van der Waals surface area contributed by atoms with Gasteiger partial charge in [-0.1, -0.05) is 13.8 Å². The smallest absolute Gasteiger partial charge is 0.312 e. The Morgan fingerprint density at radius 3 is 2.81 bits per heavy atom. The largest absolute Gasteiger partial charge is 0.481 e. The van der Waals surface area contributed by atoms with Crippen LogP contribution in [-0.2, 0) is 11.2 Å². The molecule has 2 aliphatic carbocycles. The fraction of sp³-hybridized carbons (Fsp3) is 0.750. The van der Waals surface area contributed by atoms with Gasteiger partial charge in [0.15, 0.2) is 5.13 Å². The molecule has 4 nitrogen and oxygen atoms in total. The van der Waals surface area contributed by atoms with Crippen molar-refractivity contribution < 1.29 is 9.90 Å². The van der Waals surface area contributed by atoms with Crippen molar-refractivity contribution in [3.63, 3.8) is 0 Å². The van der Waals surface area contributed by atoms with E-state index in [2.05, 4.69) is 24.1 Å². The first-order chi connectivity index (χ1) is 10.0. The number of carboxylic acids is 1. The van der Waals surface area contributed by atoms with Crippen LogP contribution in [0.5, 0.6) is 0 Å². The number of fused-ring (bicyclic) bond motifs is 1. The predicted molar refractivity (Wildman–Crippen MR) is 85.0 cm³/mol. The van der Waals surface area contributed by atoms with Gasteiger partial charge in [-0.2, -0.15) is 0 Å². The molecular formula is C16H24N2O2S. The molecule has 0 spiro atoms. The second-order valence-electron chi connectivity index (χ2n) is 6.72. The average molecular weight is 308 g/mol. The Balaban J connectivity index is 1.71. The molecule has 0 amide bonds. The second kappa shape index (κ2) is 5.95. The van der Waals surface area contributed by atoms with Crippen molar-refractivity contribution in [2.24, 2.45) is 11.8 Å². The van der Waals surface area contributed by atoms with E-state index in [1.165, 1.54) is 24.1 Å². The molecule has 1 aromatic rings. The number of carboxylic acid groups (broad SMARTS) is 1. The van der Waals surface area contributed by atoms with Crippen LogP contribution in [0.1, 0.15) is 62.4 Å². The Morgan fingerprint density at radius 2 is 2.10 bits per heavy atom. The maximum absolute atomic E-state index is 11.3. The van der Waals surface area contributed by atoms with E-state index < -0.39 is 11.9 Å². The highest BCUT2D eigenvalue weighted by molar-refractivity contribution is 7.15. The van der Waals surface area contributed by atoms with Gasteiger partial charge in [0.05, 0.1) is 5.69 Å². The molecule has 1 aromatic heterocycles. The molecule has 21 heavy (non-hydrogen) atoms. The number of aliphatic carboxylic acids is 1. The second-order valence-corrected chi connectivity index (χ2v) is 7.80. The molecule has 0 radical (unpaired) electrons. The maximum Gasteiger partial charge on any atom is 0.312 e. The van der Waals surface area contributed by atoms with Crippen LogP contribution >= 0.6 is 11.3 Å². The van der Waals surface area contributed by atoms with Gasteiger partial charge in [0.1, 0.15) is 5.92 Å². The highest BCUT2D eigenvalue weighted by Crippen LogP contribution is 2.38. The van der Waals surface area contributed by atoms with Gasteiger partial charge in [-0.15, -0.1) is 11.3 Å². The Morgan fingerprint density at radius 1 is 1.29 bits per heavy atom. The Hall–Kier alpha value is -1.10. The molecule has 4 unspecified atom stereocenters. The van der Waals surface area contributed by atoms with Crippen LogP contribution in [0, 0.1) is 11.8 Å². The first kappa shape index (κ1) is 14.8. The van der Waals surface area contributed by atoms with Gasteiger partial charge in [-0.3, -0.25) is 4.79 Å². The van der Waals surface area contributed by atoms with E-state index in [0.29, 0.717) is 6.04 Å². The molecule has 5 heteroatoms. The van der Waals surface area contributed by atoms with E-state index in [4.69, 9.17) is 0 Å². The van der Waals surface area contributed by atoms with Crippen molar-refractivity contribution >= 4 is 22.4 Å². The number of aryl methyl sites for hydroxylation is 1. The zero-order valence-electron chi connectivity index (χ0n) is 12.8. The van der Waals surface area contributed by atoms with Crippen LogP contribution in [0.2, 0.25) is 0 Å². The molecule has 1 fully saturated rings. The molecule has 3 rings (SSSR count). The summed E-state index contributed by atoms with van der Waals surface area (Å²) in [6.45, 7) is 4.66. The molecule has 0 bridgehead atoms. The first-order valence-corrected chi connectivity index (χ1v) is 8.85.